The maximum absolute atomic E-state index is 13.0. The van der Waals surface area contributed by atoms with Crippen LogP contribution in [0.3, 0.4) is 0 Å². The molecule has 0 unspecified atom stereocenters. The van der Waals surface area contributed by atoms with Crippen molar-refractivity contribution in [2.75, 3.05) is 39.3 Å². The summed E-state index contributed by atoms with van der Waals surface area (Å²) in [5, 5.41) is 0.791. The summed E-state index contributed by atoms with van der Waals surface area (Å²) >= 11 is 5.98. The summed E-state index contributed by atoms with van der Waals surface area (Å²) in [6.07, 6.45) is 2.03. The molecule has 29 heavy (non-hydrogen) atoms. The SMILES string of the molecule is O=C(C1CC[NH+](Cc2ccc(Cl)cc2)CC1)N1CC[NH+](Cc2ccccc2)CC1. The van der Waals surface area contributed by atoms with E-state index < -0.39 is 0 Å². The molecule has 0 radical (unpaired) electrons. The number of piperidine rings is 1. The molecule has 4 nitrogen and oxygen atoms in total. The van der Waals surface area contributed by atoms with Crippen LogP contribution in [-0.4, -0.2) is 50.1 Å². The van der Waals surface area contributed by atoms with Crippen LogP contribution in [0, 0.1) is 5.92 Å². The molecular weight excluding hydrogens is 382 g/mol. The monoisotopic (exact) mass is 413 g/mol. The summed E-state index contributed by atoms with van der Waals surface area (Å²) in [6, 6.07) is 18.8. The van der Waals surface area contributed by atoms with Crippen molar-refractivity contribution in [1.29, 1.82) is 0 Å². The highest BCUT2D eigenvalue weighted by Gasteiger charge is 2.32. The van der Waals surface area contributed by atoms with Crippen LogP contribution in [0.2, 0.25) is 5.02 Å². The van der Waals surface area contributed by atoms with Gasteiger partial charge in [-0.25, -0.2) is 0 Å². The van der Waals surface area contributed by atoms with Crippen molar-refractivity contribution in [3.05, 3.63) is 70.7 Å². The number of quaternary nitrogens is 2. The second kappa shape index (κ2) is 9.75. The zero-order valence-electron chi connectivity index (χ0n) is 17.1. The first-order chi connectivity index (χ1) is 14.2. The van der Waals surface area contributed by atoms with Gasteiger partial charge in [0.25, 0.3) is 0 Å². The number of hydrogen-bond donors (Lipinski definition) is 2. The van der Waals surface area contributed by atoms with Crippen LogP contribution >= 0.6 is 11.6 Å². The number of nitrogens with zero attached hydrogens (tertiary/aromatic N) is 1. The normalized spacial score (nSPS) is 23.1. The molecule has 5 heteroatoms. The van der Waals surface area contributed by atoms with Crippen molar-refractivity contribution < 1.29 is 14.6 Å². The third kappa shape index (κ3) is 5.59. The molecule has 0 bridgehead atoms. The fourth-order valence-corrected chi connectivity index (χ4v) is 4.83. The molecule has 2 saturated heterocycles. The van der Waals surface area contributed by atoms with E-state index in [1.54, 1.807) is 9.80 Å². The first-order valence-electron chi connectivity index (χ1n) is 10.9. The number of amides is 1. The van der Waals surface area contributed by atoms with Gasteiger partial charge in [-0.2, -0.15) is 0 Å². The van der Waals surface area contributed by atoms with E-state index in [9.17, 15) is 4.79 Å². The molecule has 2 aliphatic heterocycles. The Morgan fingerprint density at radius 3 is 2.00 bits per heavy atom. The Morgan fingerprint density at radius 2 is 1.38 bits per heavy atom. The zero-order chi connectivity index (χ0) is 20.1. The Morgan fingerprint density at radius 1 is 0.828 bits per heavy atom. The molecular formula is C24H32ClN3O+2. The van der Waals surface area contributed by atoms with Gasteiger partial charge in [0.2, 0.25) is 5.91 Å². The van der Waals surface area contributed by atoms with E-state index in [0.717, 1.165) is 70.2 Å². The largest absolute Gasteiger partial charge is 0.331 e. The van der Waals surface area contributed by atoms with E-state index in [1.165, 1.54) is 11.1 Å². The number of halogens is 1. The fourth-order valence-electron chi connectivity index (χ4n) is 4.70. The summed E-state index contributed by atoms with van der Waals surface area (Å²) in [5.74, 6) is 0.619. The molecule has 2 N–H and O–H groups in total. The summed E-state index contributed by atoms with van der Waals surface area (Å²) in [4.78, 5) is 18.3. The van der Waals surface area contributed by atoms with E-state index in [2.05, 4.69) is 47.4 Å². The average Bonchev–Trinajstić information content (AvgIpc) is 2.77. The molecule has 2 aromatic carbocycles. The molecule has 0 atom stereocenters. The molecule has 0 spiro atoms. The lowest BCUT2D eigenvalue weighted by Gasteiger charge is -2.36. The van der Waals surface area contributed by atoms with Crippen LogP contribution in [0.1, 0.15) is 24.0 Å². The topological polar surface area (TPSA) is 29.2 Å². The van der Waals surface area contributed by atoms with Crippen molar-refractivity contribution in [3.63, 3.8) is 0 Å². The molecule has 2 heterocycles. The highest BCUT2D eigenvalue weighted by molar-refractivity contribution is 6.30. The number of hydrogen-bond acceptors (Lipinski definition) is 1. The number of nitrogens with one attached hydrogen (secondary N) is 2. The maximum Gasteiger partial charge on any atom is 0.226 e. The van der Waals surface area contributed by atoms with E-state index in [-0.39, 0.29) is 5.92 Å². The molecule has 1 amide bonds. The van der Waals surface area contributed by atoms with Crippen molar-refractivity contribution in [1.82, 2.24) is 4.90 Å². The Bertz CT molecular complexity index is 780. The first kappa shape index (κ1) is 20.4. The maximum atomic E-state index is 13.0. The molecule has 4 rings (SSSR count). The van der Waals surface area contributed by atoms with Crippen molar-refractivity contribution >= 4 is 17.5 Å². The van der Waals surface area contributed by atoms with Gasteiger partial charge in [0.15, 0.2) is 0 Å². The van der Waals surface area contributed by atoms with Crippen LogP contribution in [0.4, 0.5) is 0 Å². The number of likely N-dealkylation sites (tertiary alicyclic amines) is 1. The summed E-state index contributed by atoms with van der Waals surface area (Å²) < 4.78 is 0. The lowest BCUT2D eigenvalue weighted by Crippen LogP contribution is -3.13. The highest BCUT2D eigenvalue weighted by Crippen LogP contribution is 2.15. The minimum absolute atomic E-state index is 0.222. The van der Waals surface area contributed by atoms with Crippen LogP contribution in [-0.2, 0) is 17.9 Å². The zero-order valence-corrected chi connectivity index (χ0v) is 17.8. The highest BCUT2D eigenvalue weighted by atomic mass is 35.5. The minimum atomic E-state index is 0.222. The van der Waals surface area contributed by atoms with Crippen LogP contribution in [0.15, 0.2) is 54.6 Å². The molecule has 2 fully saturated rings. The van der Waals surface area contributed by atoms with Crippen molar-refractivity contribution in [3.8, 4) is 0 Å². The van der Waals surface area contributed by atoms with Crippen LogP contribution in [0.25, 0.3) is 0 Å². The van der Waals surface area contributed by atoms with Gasteiger partial charge < -0.3 is 14.7 Å². The fraction of sp³-hybridized carbons (Fsp3) is 0.458. The second-order valence-electron chi connectivity index (χ2n) is 8.57. The van der Waals surface area contributed by atoms with Gasteiger partial charge in [-0.15, -0.1) is 0 Å². The van der Waals surface area contributed by atoms with E-state index >= 15 is 0 Å². The van der Waals surface area contributed by atoms with Gasteiger partial charge >= 0.3 is 0 Å². The van der Waals surface area contributed by atoms with E-state index in [0.29, 0.717) is 5.91 Å². The van der Waals surface area contributed by atoms with Gasteiger partial charge in [-0.1, -0.05) is 54.1 Å². The number of carbonyl (C=O) groups excluding carboxylic acids is 1. The molecule has 0 saturated carbocycles. The quantitative estimate of drug-likeness (QED) is 0.754. The number of carbonyl (C=O) groups is 1. The summed E-state index contributed by atoms with van der Waals surface area (Å²) in [7, 11) is 0. The average molecular weight is 414 g/mol. The van der Waals surface area contributed by atoms with Gasteiger partial charge in [-0.05, 0) is 12.1 Å². The van der Waals surface area contributed by atoms with Crippen molar-refractivity contribution in [2.45, 2.75) is 25.9 Å². The van der Waals surface area contributed by atoms with E-state index in [1.807, 2.05) is 12.1 Å². The first-order valence-corrected chi connectivity index (χ1v) is 11.3. The van der Waals surface area contributed by atoms with Gasteiger partial charge in [0.1, 0.15) is 13.1 Å². The number of rotatable bonds is 5. The van der Waals surface area contributed by atoms with Gasteiger partial charge in [0, 0.05) is 34.9 Å². The lowest BCUT2D eigenvalue weighted by atomic mass is 9.94. The van der Waals surface area contributed by atoms with Crippen LogP contribution in [0.5, 0.6) is 0 Å². The molecule has 0 aliphatic carbocycles. The third-order valence-corrected chi connectivity index (χ3v) is 6.74. The molecule has 2 aromatic rings. The predicted molar refractivity (Wildman–Crippen MR) is 116 cm³/mol. The standard InChI is InChI=1S/C24H30ClN3O/c25-23-8-6-21(7-9-23)19-26-12-10-22(11-13-26)24(29)28-16-14-27(15-17-28)18-20-4-2-1-3-5-20/h1-9,22H,10-19H2/p+2. The predicted octanol–water partition coefficient (Wildman–Crippen LogP) is 1.06. The van der Waals surface area contributed by atoms with Crippen LogP contribution < -0.4 is 9.80 Å². The minimum Gasteiger partial charge on any atom is -0.331 e. The Labute approximate surface area is 179 Å². The summed E-state index contributed by atoms with van der Waals surface area (Å²) in [6.45, 7) is 8.17. The second-order valence-corrected chi connectivity index (χ2v) is 9.00. The van der Waals surface area contributed by atoms with Gasteiger partial charge in [-0.3, -0.25) is 4.79 Å². The third-order valence-electron chi connectivity index (χ3n) is 6.49. The number of benzene rings is 2. The number of piperazine rings is 1. The van der Waals surface area contributed by atoms with Crippen molar-refractivity contribution in [2.24, 2.45) is 5.92 Å². The van der Waals surface area contributed by atoms with Gasteiger partial charge in [0.05, 0.1) is 39.3 Å². The lowest BCUT2D eigenvalue weighted by molar-refractivity contribution is -0.919. The molecule has 2 aliphatic rings. The smallest absolute Gasteiger partial charge is 0.226 e. The Kier molecular flexibility index (Phi) is 6.86. The Balaban J connectivity index is 1.20. The summed E-state index contributed by atoms with van der Waals surface area (Å²) in [5.41, 5.74) is 2.71. The molecule has 154 valence electrons. The Hall–Kier alpha value is -1.88. The molecule has 0 aromatic heterocycles. The van der Waals surface area contributed by atoms with E-state index in [4.69, 9.17) is 11.6 Å².